The smallest absolute Gasteiger partial charge is 0.343 e. The van der Waals surface area contributed by atoms with Crippen molar-refractivity contribution in [1.82, 2.24) is 0 Å². The maximum absolute atomic E-state index is 12.6. The van der Waals surface area contributed by atoms with E-state index in [-0.39, 0.29) is 5.97 Å². The number of hydrogen-bond acceptors (Lipinski definition) is 5. The summed E-state index contributed by atoms with van der Waals surface area (Å²) in [5.41, 5.74) is 3.09. The third kappa shape index (κ3) is 10.9. The van der Waals surface area contributed by atoms with Crippen LogP contribution in [0.25, 0.3) is 11.1 Å². The molecule has 0 bridgehead atoms. The second-order valence-corrected chi connectivity index (χ2v) is 11.0. The summed E-state index contributed by atoms with van der Waals surface area (Å²) in [6.45, 7) is 4.78. The zero-order chi connectivity index (χ0) is 27.7. The zero-order valence-electron chi connectivity index (χ0n) is 23.5. The third-order valence-electron chi connectivity index (χ3n) is 6.61. The van der Waals surface area contributed by atoms with Gasteiger partial charge in [0.05, 0.1) is 17.7 Å². The van der Waals surface area contributed by atoms with Gasteiger partial charge in [0.25, 0.3) is 0 Å². The van der Waals surface area contributed by atoms with E-state index >= 15 is 0 Å². The Morgan fingerprint density at radius 2 is 1.10 bits per heavy atom. The summed E-state index contributed by atoms with van der Waals surface area (Å²) in [6, 6.07) is 22.5. The monoisotopic (exact) mass is 546 g/mol. The Kier molecular flexibility index (Phi) is 13.7. The number of unbranched alkanes of at least 4 members (excludes halogenated alkanes) is 8. The first-order chi connectivity index (χ1) is 19.1. The van der Waals surface area contributed by atoms with Gasteiger partial charge in [0.15, 0.2) is 0 Å². The van der Waals surface area contributed by atoms with Crippen molar-refractivity contribution in [3.05, 3.63) is 83.9 Å². The van der Waals surface area contributed by atoms with Gasteiger partial charge in [0.2, 0.25) is 0 Å². The zero-order valence-corrected chi connectivity index (χ0v) is 24.3. The van der Waals surface area contributed by atoms with E-state index < -0.39 is 5.97 Å². The molecule has 0 aromatic heterocycles. The van der Waals surface area contributed by atoms with Crippen molar-refractivity contribution >= 4 is 23.7 Å². The van der Waals surface area contributed by atoms with Gasteiger partial charge in [0.1, 0.15) is 5.75 Å². The van der Waals surface area contributed by atoms with Crippen molar-refractivity contribution < 1.29 is 19.1 Å². The topological polar surface area (TPSA) is 52.6 Å². The minimum Gasteiger partial charge on any atom is -0.462 e. The van der Waals surface area contributed by atoms with Crippen LogP contribution in [0.3, 0.4) is 0 Å². The van der Waals surface area contributed by atoms with Gasteiger partial charge in [-0.25, -0.2) is 9.59 Å². The van der Waals surface area contributed by atoms with Crippen LogP contribution < -0.4 is 4.74 Å². The van der Waals surface area contributed by atoms with Crippen molar-refractivity contribution in [2.75, 3.05) is 12.4 Å². The molecule has 0 unspecified atom stereocenters. The lowest BCUT2D eigenvalue weighted by atomic mass is 10.0. The van der Waals surface area contributed by atoms with Crippen LogP contribution in [0.15, 0.2) is 77.7 Å². The number of esters is 2. The quantitative estimate of drug-likeness (QED) is 0.0730. The Morgan fingerprint density at radius 3 is 1.74 bits per heavy atom. The molecule has 39 heavy (non-hydrogen) atoms. The Hall–Kier alpha value is -3.05. The molecule has 3 rings (SSSR count). The van der Waals surface area contributed by atoms with Crippen LogP contribution in [0.4, 0.5) is 0 Å². The summed E-state index contributed by atoms with van der Waals surface area (Å²) >= 11 is 1.92. The van der Waals surface area contributed by atoms with E-state index in [0.29, 0.717) is 23.5 Å². The molecule has 4 nitrogen and oxygen atoms in total. The number of hydrogen-bond donors (Lipinski definition) is 0. The molecule has 0 heterocycles. The predicted molar refractivity (Wildman–Crippen MR) is 162 cm³/mol. The number of benzene rings is 3. The Balaban J connectivity index is 1.43. The number of carbonyl (C=O) groups is 2. The molecule has 208 valence electrons. The van der Waals surface area contributed by atoms with E-state index in [2.05, 4.69) is 38.1 Å². The second-order valence-electron chi connectivity index (χ2n) is 9.83. The fraction of sp³-hybridized carbons (Fsp3) is 0.412. The van der Waals surface area contributed by atoms with Crippen molar-refractivity contribution in [3.8, 4) is 16.9 Å². The largest absolute Gasteiger partial charge is 0.462 e. The molecule has 0 aliphatic carbocycles. The van der Waals surface area contributed by atoms with Gasteiger partial charge in [-0.15, -0.1) is 11.8 Å². The summed E-state index contributed by atoms with van der Waals surface area (Å²) in [7, 11) is 0. The molecule has 3 aromatic carbocycles. The molecular formula is C34H42O4S. The van der Waals surface area contributed by atoms with E-state index in [1.165, 1.54) is 49.8 Å². The number of thioether (sulfide) groups is 1. The molecule has 0 saturated carbocycles. The van der Waals surface area contributed by atoms with E-state index in [9.17, 15) is 9.59 Å². The van der Waals surface area contributed by atoms with E-state index in [0.717, 1.165) is 36.1 Å². The van der Waals surface area contributed by atoms with Gasteiger partial charge < -0.3 is 9.47 Å². The summed E-state index contributed by atoms with van der Waals surface area (Å²) in [5.74, 6) is 0.750. The first-order valence-corrected chi connectivity index (χ1v) is 15.4. The lowest BCUT2D eigenvalue weighted by Gasteiger charge is -2.08. The van der Waals surface area contributed by atoms with E-state index in [1.54, 1.807) is 36.4 Å². The highest BCUT2D eigenvalue weighted by Gasteiger charge is 2.11. The highest BCUT2D eigenvalue weighted by Crippen LogP contribution is 2.26. The standard InChI is InChI=1S/C34H42O4S/c1-3-5-7-8-9-10-12-26-39-32-23-19-28(20-24-32)27-13-15-30(16-14-27)34(36)38-31-21-17-29(18-22-31)33(35)37-25-11-6-4-2/h13-24H,3-12,25-26H2,1-2H3. The minimum atomic E-state index is -0.437. The van der Waals surface area contributed by atoms with E-state index in [1.807, 2.05) is 23.9 Å². The molecule has 0 N–H and O–H groups in total. The van der Waals surface area contributed by atoms with Gasteiger partial charge in [-0.2, -0.15) is 0 Å². The normalized spacial score (nSPS) is 10.8. The lowest BCUT2D eigenvalue weighted by Crippen LogP contribution is -2.09. The first kappa shape index (κ1) is 30.5. The Morgan fingerprint density at radius 1 is 0.590 bits per heavy atom. The molecular weight excluding hydrogens is 504 g/mol. The number of carbonyl (C=O) groups excluding carboxylic acids is 2. The molecule has 0 fully saturated rings. The lowest BCUT2D eigenvalue weighted by molar-refractivity contribution is 0.0498. The number of rotatable bonds is 17. The predicted octanol–water partition coefficient (Wildman–Crippen LogP) is 9.76. The molecule has 0 spiro atoms. The van der Waals surface area contributed by atoms with Crippen LogP contribution in [0.5, 0.6) is 5.75 Å². The van der Waals surface area contributed by atoms with Gasteiger partial charge >= 0.3 is 11.9 Å². The molecule has 0 radical (unpaired) electrons. The third-order valence-corrected chi connectivity index (χ3v) is 7.70. The van der Waals surface area contributed by atoms with Gasteiger partial charge in [-0.1, -0.05) is 89.5 Å². The van der Waals surface area contributed by atoms with Crippen LogP contribution >= 0.6 is 11.8 Å². The Labute approximate surface area is 238 Å². The fourth-order valence-electron chi connectivity index (χ4n) is 4.22. The van der Waals surface area contributed by atoms with Crippen LogP contribution in [-0.4, -0.2) is 24.3 Å². The average Bonchev–Trinajstić information content (AvgIpc) is 2.97. The molecule has 0 aliphatic heterocycles. The van der Waals surface area contributed by atoms with Gasteiger partial charge in [0, 0.05) is 4.90 Å². The maximum Gasteiger partial charge on any atom is 0.343 e. The number of ether oxygens (including phenoxy) is 2. The summed E-state index contributed by atoms with van der Waals surface area (Å²) in [4.78, 5) is 26.0. The molecule has 3 aromatic rings. The van der Waals surface area contributed by atoms with Crippen LogP contribution in [0.1, 0.15) is 98.8 Å². The SMILES string of the molecule is CCCCCCCCCSc1ccc(-c2ccc(C(=O)Oc3ccc(C(=O)OCCCCC)cc3)cc2)cc1. The van der Waals surface area contributed by atoms with E-state index in [4.69, 9.17) is 9.47 Å². The molecule has 0 aliphatic rings. The van der Waals surface area contributed by atoms with Crippen molar-refractivity contribution in [2.24, 2.45) is 0 Å². The molecule has 0 atom stereocenters. The summed E-state index contributed by atoms with van der Waals surface area (Å²) < 4.78 is 10.8. The average molecular weight is 547 g/mol. The highest BCUT2D eigenvalue weighted by atomic mass is 32.2. The first-order valence-electron chi connectivity index (χ1n) is 14.4. The minimum absolute atomic E-state index is 0.362. The fourth-order valence-corrected chi connectivity index (χ4v) is 5.13. The second kappa shape index (κ2) is 17.5. The summed E-state index contributed by atoms with van der Waals surface area (Å²) in [6.07, 6.45) is 12.3. The maximum atomic E-state index is 12.6. The van der Waals surface area contributed by atoms with Crippen LogP contribution in [0, 0.1) is 0 Å². The van der Waals surface area contributed by atoms with Crippen LogP contribution in [-0.2, 0) is 4.74 Å². The summed E-state index contributed by atoms with van der Waals surface area (Å²) in [5, 5.41) is 0. The van der Waals surface area contributed by atoms with Crippen molar-refractivity contribution in [3.63, 3.8) is 0 Å². The van der Waals surface area contributed by atoms with Gasteiger partial charge in [-0.3, -0.25) is 0 Å². The molecule has 5 heteroatoms. The van der Waals surface area contributed by atoms with Crippen molar-refractivity contribution in [1.29, 1.82) is 0 Å². The Bertz CT molecular complexity index is 1120. The van der Waals surface area contributed by atoms with Gasteiger partial charge in [-0.05, 0) is 78.3 Å². The molecule has 0 saturated heterocycles. The molecule has 0 amide bonds. The van der Waals surface area contributed by atoms with Crippen molar-refractivity contribution in [2.45, 2.75) is 83.0 Å². The highest BCUT2D eigenvalue weighted by molar-refractivity contribution is 7.99. The van der Waals surface area contributed by atoms with Crippen LogP contribution in [0.2, 0.25) is 0 Å².